The van der Waals surface area contributed by atoms with Crippen LogP contribution in [0.25, 0.3) is 0 Å². The van der Waals surface area contributed by atoms with Gasteiger partial charge in [-0.3, -0.25) is 4.79 Å². The molecule has 0 spiro atoms. The van der Waals surface area contributed by atoms with Gasteiger partial charge in [0.05, 0.1) is 5.37 Å². The van der Waals surface area contributed by atoms with Crippen LogP contribution in [0, 0.1) is 0 Å². The summed E-state index contributed by atoms with van der Waals surface area (Å²) < 4.78 is 0. The number of amides is 1. The minimum Gasteiger partial charge on any atom is -0.319 e. The first-order chi connectivity index (χ1) is 7.58. The van der Waals surface area contributed by atoms with Crippen LogP contribution >= 0.6 is 11.8 Å². The Morgan fingerprint density at radius 2 is 2.31 bits per heavy atom. The number of nitrogens with zero attached hydrogens (tertiary/aromatic N) is 1. The average molecular weight is 236 g/mol. The molecule has 0 aromatic heterocycles. The lowest BCUT2D eigenvalue weighted by atomic mass is 10.2. The molecule has 0 fully saturated rings. The number of carbonyl (C=O) groups excluding carboxylic acids is 1. The summed E-state index contributed by atoms with van der Waals surface area (Å²) in [6.45, 7) is 4.39. The maximum Gasteiger partial charge on any atom is 0.223 e. The van der Waals surface area contributed by atoms with Crippen LogP contribution in [0.15, 0.2) is 23.1 Å². The van der Waals surface area contributed by atoms with Crippen LogP contribution in [0.1, 0.15) is 19.4 Å². The van der Waals surface area contributed by atoms with Gasteiger partial charge in [-0.15, -0.1) is 11.8 Å². The average Bonchev–Trinajstić information content (AvgIpc) is 2.59. The maximum atomic E-state index is 11.4. The zero-order valence-electron chi connectivity index (χ0n) is 9.56. The third-order valence-electron chi connectivity index (χ3n) is 2.65. The largest absolute Gasteiger partial charge is 0.319 e. The van der Waals surface area contributed by atoms with E-state index in [4.69, 9.17) is 5.73 Å². The van der Waals surface area contributed by atoms with Gasteiger partial charge in [0.1, 0.15) is 0 Å². The highest BCUT2D eigenvalue weighted by Crippen LogP contribution is 2.32. The van der Waals surface area contributed by atoms with Crippen LogP contribution in [0.5, 0.6) is 0 Å². The number of anilines is 1. The molecule has 0 radical (unpaired) electrons. The summed E-state index contributed by atoms with van der Waals surface area (Å²) in [5.41, 5.74) is 8.05. The predicted octanol–water partition coefficient (Wildman–Crippen LogP) is 1.99. The number of thioether (sulfide) groups is 1. The van der Waals surface area contributed by atoms with Crippen LogP contribution in [0.3, 0.4) is 0 Å². The van der Waals surface area contributed by atoms with Crippen molar-refractivity contribution in [3.05, 3.63) is 23.8 Å². The molecule has 86 valence electrons. The van der Waals surface area contributed by atoms with E-state index in [2.05, 4.69) is 6.07 Å². The van der Waals surface area contributed by atoms with E-state index in [0.29, 0.717) is 0 Å². The lowest BCUT2D eigenvalue weighted by Crippen LogP contribution is -2.25. The van der Waals surface area contributed by atoms with Gasteiger partial charge in [0, 0.05) is 24.1 Å². The molecule has 16 heavy (non-hydrogen) atoms. The number of nitrogens with two attached hydrogens (primary N) is 1. The standard InChI is InChI=1S/C12H16N2OS/c1-8(13)16-11-3-4-12-10(7-11)5-6-14(12)9(2)15/h3-4,7-8H,5-6,13H2,1-2H3. The first-order valence-corrected chi connectivity index (χ1v) is 6.29. The number of rotatable bonds is 2. The summed E-state index contributed by atoms with van der Waals surface area (Å²) in [4.78, 5) is 14.4. The van der Waals surface area contributed by atoms with Crippen molar-refractivity contribution in [3.8, 4) is 0 Å². The van der Waals surface area contributed by atoms with Gasteiger partial charge in [-0.25, -0.2) is 0 Å². The molecule has 0 saturated heterocycles. The Morgan fingerprint density at radius 1 is 1.56 bits per heavy atom. The SMILES string of the molecule is CC(=O)N1CCc2cc(SC(C)N)ccc21. The molecule has 2 rings (SSSR count). The van der Waals surface area contributed by atoms with E-state index >= 15 is 0 Å². The zero-order valence-corrected chi connectivity index (χ0v) is 10.4. The lowest BCUT2D eigenvalue weighted by molar-refractivity contribution is -0.116. The fraction of sp³-hybridized carbons (Fsp3) is 0.417. The summed E-state index contributed by atoms with van der Waals surface area (Å²) in [5, 5.41) is 0.100. The molecule has 1 amide bonds. The highest BCUT2D eigenvalue weighted by Gasteiger charge is 2.22. The van der Waals surface area contributed by atoms with Crippen LogP contribution in [-0.4, -0.2) is 17.8 Å². The van der Waals surface area contributed by atoms with E-state index in [1.807, 2.05) is 24.0 Å². The van der Waals surface area contributed by atoms with Crippen molar-refractivity contribution < 1.29 is 4.79 Å². The molecule has 2 N–H and O–H groups in total. The molecule has 4 heteroatoms. The summed E-state index contributed by atoms with van der Waals surface area (Å²) in [6, 6.07) is 6.20. The van der Waals surface area contributed by atoms with Gasteiger partial charge >= 0.3 is 0 Å². The van der Waals surface area contributed by atoms with Crippen LogP contribution < -0.4 is 10.6 Å². The Bertz CT molecular complexity index is 417. The number of carbonyl (C=O) groups is 1. The minimum atomic E-state index is 0.100. The molecule has 0 saturated carbocycles. The summed E-state index contributed by atoms with van der Waals surface area (Å²) in [6.07, 6.45) is 0.947. The number of benzene rings is 1. The van der Waals surface area contributed by atoms with Gasteiger partial charge < -0.3 is 10.6 Å². The Kier molecular flexibility index (Phi) is 3.21. The van der Waals surface area contributed by atoms with Crippen molar-refractivity contribution in [2.75, 3.05) is 11.4 Å². The smallest absolute Gasteiger partial charge is 0.223 e. The van der Waals surface area contributed by atoms with Gasteiger partial charge in [0.15, 0.2) is 0 Å². The summed E-state index contributed by atoms with van der Waals surface area (Å²) in [7, 11) is 0. The van der Waals surface area contributed by atoms with E-state index < -0.39 is 0 Å². The second-order valence-electron chi connectivity index (χ2n) is 4.03. The highest BCUT2D eigenvalue weighted by molar-refractivity contribution is 7.99. The van der Waals surface area contributed by atoms with Gasteiger partial charge in [-0.1, -0.05) is 0 Å². The summed E-state index contributed by atoms with van der Waals surface area (Å²) >= 11 is 1.65. The molecular weight excluding hydrogens is 220 g/mol. The fourth-order valence-electron chi connectivity index (χ4n) is 1.99. The van der Waals surface area contributed by atoms with Gasteiger partial charge in [0.2, 0.25) is 5.91 Å². The minimum absolute atomic E-state index is 0.100. The third kappa shape index (κ3) is 2.23. The monoisotopic (exact) mass is 236 g/mol. The molecule has 3 nitrogen and oxygen atoms in total. The number of fused-ring (bicyclic) bond motifs is 1. The maximum absolute atomic E-state index is 11.4. The van der Waals surface area contributed by atoms with Crippen LogP contribution in [0.4, 0.5) is 5.69 Å². The highest BCUT2D eigenvalue weighted by atomic mass is 32.2. The van der Waals surface area contributed by atoms with Crippen LogP contribution in [-0.2, 0) is 11.2 Å². The molecule has 1 atom stereocenters. The van der Waals surface area contributed by atoms with E-state index in [1.54, 1.807) is 18.7 Å². The Labute approximate surface area is 100.0 Å². The topological polar surface area (TPSA) is 46.3 Å². The quantitative estimate of drug-likeness (QED) is 0.631. The Hall–Kier alpha value is -1.00. The second kappa shape index (κ2) is 4.47. The van der Waals surface area contributed by atoms with Gasteiger partial charge in [0.25, 0.3) is 0 Å². The molecule has 1 aromatic rings. The molecule has 1 aliphatic heterocycles. The zero-order chi connectivity index (χ0) is 11.7. The van der Waals surface area contributed by atoms with Crippen LogP contribution in [0.2, 0.25) is 0 Å². The van der Waals surface area contributed by atoms with E-state index in [9.17, 15) is 4.79 Å². The van der Waals surface area contributed by atoms with E-state index in [-0.39, 0.29) is 11.3 Å². The third-order valence-corrected chi connectivity index (χ3v) is 3.55. The van der Waals surface area contributed by atoms with Crippen molar-refractivity contribution in [2.24, 2.45) is 5.73 Å². The van der Waals surface area contributed by atoms with Crippen molar-refractivity contribution in [1.29, 1.82) is 0 Å². The van der Waals surface area contributed by atoms with Crippen molar-refractivity contribution in [3.63, 3.8) is 0 Å². The molecule has 1 aliphatic rings. The molecular formula is C12H16N2OS. The first kappa shape index (κ1) is 11.5. The summed E-state index contributed by atoms with van der Waals surface area (Å²) in [5.74, 6) is 0.117. The Balaban J connectivity index is 2.25. The fourth-order valence-corrected chi connectivity index (χ4v) is 2.78. The molecule has 0 bridgehead atoms. The van der Waals surface area contributed by atoms with Crippen molar-refractivity contribution in [1.82, 2.24) is 0 Å². The normalized spacial score (nSPS) is 16.1. The molecule has 0 aliphatic carbocycles. The van der Waals surface area contributed by atoms with Crippen molar-refractivity contribution >= 4 is 23.4 Å². The van der Waals surface area contributed by atoms with E-state index in [1.165, 1.54) is 10.5 Å². The predicted molar refractivity (Wildman–Crippen MR) is 67.7 cm³/mol. The Morgan fingerprint density at radius 3 is 2.94 bits per heavy atom. The molecule has 1 aromatic carbocycles. The van der Waals surface area contributed by atoms with Gasteiger partial charge in [-0.2, -0.15) is 0 Å². The molecule has 1 unspecified atom stereocenters. The second-order valence-corrected chi connectivity index (χ2v) is 5.48. The number of hydrogen-bond donors (Lipinski definition) is 1. The molecule has 1 heterocycles. The van der Waals surface area contributed by atoms with E-state index in [0.717, 1.165) is 18.7 Å². The number of hydrogen-bond acceptors (Lipinski definition) is 3. The lowest BCUT2D eigenvalue weighted by Gasteiger charge is -2.15. The first-order valence-electron chi connectivity index (χ1n) is 5.41. The van der Waals surface area contributed by atoms with Gasteiger partial charge in [-0.05, 0) is 37.1 Å². The van der Waals surface area contributed by atoms with Crippen molar-refractivity contribution in [2.45, 2.75) is 30.5 Å².